The fourth-order valence-electron chi connectivity index (χ4n) is 2.05. The minimum Gasteiger partial charge on any atom is -0.494 e. The fraction of sp³-hybridized carbons (Fsp3) is 0.684. The Balaban J connectivity index is 2.52. The van der Waals surface area contributed by atoms with E-state index in [2.05, 4.69) is 0 Å². The average Bonchev–Trinajstić information content (AvgIpc) is 2.57. The van der Waals surface area contributed by atoms with Gasteiger partial charge in [0.25, 0.3) is 0 Å². The van der Waals surface area contributed by atoms with Crippen LogP contribution in [0, 0.1) is 0 Å². The van der Waals surface area contributed by atoms with Gasteiger partial charge in [-0.2, -0.15) is 0 Å². The topological polar surface area (TPSA) is 74.2 Å². The second kappa shape index (κ2) is 10.6. The predicted octanol–water partition coefficient (Wildman–Crippen LogP) is 3.53. The van der Waals surface area contributed by atoms with Gasteiger partial charge in [-0.1, -0.05) is 12.1 Å². The first-order valence-corrected chi connectivity index (χ1v) is 11.1. The van der Waals surface area contributed by atoms with Crippen molar-refractivity contribution in [3.8, 4) is 5.75 Å². The lowest BCUT2D eigenvalue weighted by Gasteiger charge is -2.37. The molecule has 0 amide bonds. The van der Waals surface area contributed by atoms with Crippen molar-refractivity contribution in [3.63, 3.8) is 0 Å². The van der Waals surface area contributed by atoms with Gasteiger partial charge >= 0.3 is 15.1 Å². The largest absolute Gasteiger partial charge is 0.494 e. The van der Waals surface area contributed by atoms with E-state index in [9.17, 15) is 9.67 Å². The van der Waals surface area contributed by atoms with Crippen LogP contribution < -0.4 is 10.2 Å². The summed E-state index contributed by atoms with van der Waals surface area (Å²) < 4.78 is 34.4. The molecule has 153 valence electrons. The molecule has 0 aromatic heterocycles. The highest BCUT2D eigenvalue weighted by Gasteiger charge is 2.35. The standard InChI is InChI=1S/C19H33BO6P/c1-7-24-27(22,25-8-2)14-10-13-23-17-12-9-11-16(15-17)20-26-19(5,6)18(3,4)21/h9,11-12,15,21H,7-8,10,13-14H2,1-6H3. The Labute approximate surface area is 164 Å². The van der Waals surface area contributed by atoms with E-state index in [-0.39, 0.29) is 0 Å². The second-order valence-electron chi connectivity index (χ2n) is 7.25. The summed E-state index contributed by atoms with van der Waals surface area (Å²) in [6.45, 7) is 11.8. The quantitative estimate of drug-likeness (QED) is 0.311. The minimum atomic E-state index is -3.03. The van der Waals surface area contributed by atoms with Crippen molar-refractivity contribution in [3.05, 3.63) is 24.3 Å². The molecule has 0 bridgehead atoms. The highest BCUT2D eigenvalue weighted by atomic mass is 31.2. The molecular formula is C19H33BO6P. The molecule has 0 aliphatic carbocycles. The van der Waals surface area contributed by atoms with Gasteiger partial charge in [0.2, 0.25) is 0 Å². The molecule has 6 nitrogen and oxygen atoms in total. The molecule has 1 N–H and O–H groups in total. The smallest absolute Gasteiger partial charge is 0.331 e. The molecule has 0 heterocycles. The van der Waals surface area contributed by atoms with E-state index >= 15 is 0 Å². The van der Waals surface area contributed by atoms with Crippen LogP contribution in [0.2, 0.25) is 0 Å². The van der Waals surface area contributed by atoms with E-state index in [0.717, 1.165) is 5.46 Å². The van der Waals surface area contributed by atoms with Crippen molar-refractivity contribution in [2.24, 2.45) is 0 Å². The Morgan fingerprint density at radius 2 is 1.74 bits per heavy atom. The van der Waals surface area contributed by atoms with Crippen LogP contribution in [-0.2, 0) is 18.3 Å². The van der Waals surface area contributed by atoms with Gasteiger partial charge in [0.15, 0.2) is 0 Å². The Kier molecular flexibility index (Phi) is 9.53. The van der Waals surface area contributed by atoms with Crippen molar-refractivity contribution >= 4 is 20.5 Å². The van der Waals surface area contributed by atoms with Gasteiger partial charge in [-0.3, -0.25) is 4.57 Å². The van der Waals surface area contributed by atoms with Gasteiger partial charge < -0.3 is 23.5 Å². The zero-order valence-corrected chi connectivity index (χ0v) is 18.3. The molecule has 0 fully saturated rings. The van der Waals surface area contributed by atoms with Crippen LogP contribution in [0.1, 0.15) is 48.0 Å². The molecule has 0 aliphatic rings. The maximum absolute atomic E-state index is 12.4. The third-order valence-electron chi connectivity index (χ3n) is 4.32. The molecule has 1 aromatic rings. The zero-order valence-electron chi connectivity index (χ0n) is 17.4. The third-order valence-corrected chi connectivity index (χ3v) is 6.48. The maximum Gasteiger partial charge on any atom is 0.331 e. The van der Waals surface area contributed by atoms with Crippen molar-refractivity contribution in [2.45, 2.75) is 59.2 Å². The lowest BCUT2D eigenvalue weighted by atomic mass is 9.82. The molecule has 1 rings (SSSR count). The first-order valence-electron chi connectivity index (χ1n) is 9.37. The molecule has 0 saturated heterocycles. The lowest BCUT2D eigenvalue weighted by molar-refractivity contribution is -0.0893. The van der Waals surface area contributed by atoms with E-state index in [1.54, 1.807) is 35.2 Å². The van der Waals surface area contributed by atoms with Crippen molar-refractivity contribution in [1.82, 2.24) is 0 Å². The van der Waals surface area contributed by atoms with Gasteiger partial charge in [0.05, 0.1) is 37.2 Å². The summed E-state index contributed by atoms with van der Waals surface area (Å²) in [5, 5.41) is 10.2. The van der Waals surface area contributed by atoms with Gasteiger partial charge in [-0.25, -0.2) is 0 Å². The minimum absolute atomic E-state index is 0.323. The number of benzene rings is 1. The number of rotatable bonds is 13. The van der Waals surface area contributed by atoms with Crippen molar-refractivity contribution < 1.29 is 28.1 Å². The highest BCUT2D eigenvalue weighted by Crippen LogP contribution is 2.48. The number of aliphatic hydroxyl groups is 1. The summed E-state index contributed by atoms with van der Waals surface area (Å²) >= 11 is 0. The second-order valence-corrected chi connectivity index (χ2v) is 9.44. The molecule has 0 atom stereocenters. The van der Waals surface area contributed by atoms with Crippen molar-refractivity contribution in [2.75, 3.05) is 26.0 Å². The van der Waals surface area contributed by atoms with Crippen LogP contribution in [0.4, 0.5) is 0 Å². The van der Waals surface area contributed by atoms with Gasteiger partial charge in [-0.15, -0.1) is 0 Å². The van der Waals surface area contributed by atoms with Crippen LogP contribution in [0.3, 0.4) is 0 Å². The average molecular weight is 399 g/mol. The van der Waals surface area contributed by atoms with Gasteiger partial charge in [0.1, 0.15) is 5.75 Å². The van der Waals surface area contributed by atoms with Crippen molar-refractivity contribution in [1.29, 1.82) is 0 Å². The highest BCUT2D eigenvalue weighted by molar-refractivity contribution is 7.53. The Morgan fingerprint density at radius 3 is 2.30 bits per heavy atom. The summed E-state index contributed by atoms with van der Waals surface area (Å²) in [4.78, 5) is 0. The van der Waals surface area contributed by atoms with E-state index in [1.165, 1.54) is 0 Å². The van der Waals surface area contributed by atoms with E-state index in [0.29, 0.717) is 38.2 Å². The molecule has 0 spiro atoms. The van der Waals surface area contributed by atoms with E-state index < -0.39 is 18.8 Å². The van der Waals surface area contributed by atoms with E-state index in [4.69, 9.17) is 18.4 Å². The summed E-state index contributed by atoms with van der Waals surface area (Å²) in [6.07, 6.45) is 0.886. The van der Waals surface area contributed by atoms with Gasteiger partial charge in [-0.05, 0) is 65.6 Å². The molecule has 1 radical (unpaired) electrons. The monoisotopic (exact) mass is 399 g/mol. The molecule has 0 saturated carbocycles. The Morgan fingerprint density at radius 1 is 1.11 bits per heavy atom. The first kappa shape index (κ1) is 24.2. The summed E-state index contributed by atoms with van der Waals surface area (Å²) in [5.74, 6) is 0.691. The zero-order chi connectivity index (χ0) is 20.6. The maximum atomic E-state index is 12.4. The summed E-state index contributed by atoms with van der Waals surface area (Å²) in [5.41, 5.74) is -0.880. The predicted molar refractivity (Wildman–Crippen MR) is 109 cm³/mol. The summed E-state index contributed by atoms with van der Waals surface area (Å²) in [7, 11) is -1.41. The first-order chi connectivity index (χ1) is 12.5. The normalized spacial score (nSPS) is 12.9. The number of hydrogen-bond donors (Lipinski definition) is 1. The van der Waals surface area contributed by atoms with Crippen LogP contribution in [0.5, 0.6) is 5.75 Å². The Hall–Kier alpha value is -0.845. The molecule has 1 aromatic carbocycles. The van der Waals surface area contributed by atoms with Crippen LogP contribution >= 0.6 is 7.60 Å². The SMILES string of the molecule is CCOP(=O)(CCCOc1cccc([B]OC(C)(C)C(C)(C)O)c1)OCC. The number of ether oxygens (including phenoxy) is 1. The molecule has 27 heavy (non-hydrogen) atoms. The molecule has 0 unspecified atom stereocenters. The molecule has 0 aliphatic heterocycles. The Bertz CT molecular complexity index is 604. The van der Waals surface area contributed by atoms with Crippen LogP contribution in [0.15, 0.2) is 24.3 Å². The lowest BCUT2D eigenvalue weighted by Crippen LogP contribution is -2.49. The molecule has 8 heteroatoms. The van der Waals surface area contributed by atoms with Crippen LogP contribution in [-0.4, -0.2) is 49.8 Å². The van der Waals surface area contributed by atoms with Crippen LogP contribution in [0.25, 0.3) is 0 Å². The summed E-state index contributed by atoms with van der Waals surface area (Å²) in [6, 6.07) is 7.47. The van der Waals surface area contributed by atoms with E-state index in [1.807, 2.05) is 38.1 Å². The fourth-order valence-corrected chi connectivity index (χ4v) is 3.68. The number of hydrogen-bond acceptors (Lipinski definition) is 6. The molecular weight excluding hydrogens is 366 g/mol. The third kappa shape index (κ3) is 8.36. The van der Waals surface area contributed by atoms with Gasteiger partial charge in [0, 0.05) is 0 Å².